The van der Waals surface area contributed by atoms with Gasteiger partial charge < -0.3 is 14.5 Å². The van der Waals surface area contributed by atoms with Gasteiger partial charge in [0.2, 0.25) is 0 Å². The molecule has 2 aromatic rings. The Labute approximate surface area is 76.3 Å². The molecule has 1 aromatic heterocycles. The number of rotatable bonds is 2. The van der Waals surface area contributed by atoms with E-state index in [9.17, 15) is 0 Å². The number of benzene rings is 1. The van der Waals surface area contributed by atoms with Crippen LogP contribution in [0.2, 0.25) is 0 Å². The second kappa shape index (κ2) is 3.01. The lowest BCUT2D eigenvalue weighted by molar-refractivity contribution is 0.400. The highest BCUT2D eigenvalue weighted by molar-refractivity contribution is 5.86. The predicted octanol–water partition coefficient (Wildman–Crippen LogP) is 1.99. The Kier molecular flexibility index (Phi) is 1.85. The Bertz CT molecular complexity index is 420. The summed E-state index contributed by atoms with van der Waals surface area (Å²) in [5, 5.41) is 0.918. The van der Waals surface area contributed by atoms with E-state index in [1.807, 2.05) is 18.2 Å². The molecule has 0 saturated heterocycles. The van der Waals surface area contributed by atoms with Crippen molar-refractivity contribution in [2.24, 2.45) is 0 Å². The molecule has 0 spiro atoms. The molecule has 3 heteroatoms. The number of aromatic nitrogens is 1. The Hall–Kier alpha value is -1.64. The summed E-state index contributed by atoms with van der Waals surface area (Å²) in [5.41, 5.74) is 0.969. The maximum Gasteiger partial charge on any atom is 0.200 e. The van der Waals surface area contributed by atoms with Crippen LogP contribution in [0, 0.1) is 6.07 Å². The van der Waals surface area contributed by atoms with E-state index in [2.05, 4.69) is 11.1 Å². The largest absolute Gasteiger partial charge is 0.496 e. The third kappa shape index (κ3) is 1.22. The van der Waals surface area contributed by atoms with Gasteiger partial charge in [-0.25, -0.2) is 0 Å². The summed E-state index contributed by atoms with van der Waals surface area (Å²) in [6.45, 7) is 0. The van der Waals surface area contributed by atoms with E-state index < -0.39 is 0 Å². The molecular weight excluding hydrogens is 166 g/mol. The number of aromatic amines is 1. The lowest BCUT2D eigenvalue weighted by Gasteiger charge is -1.98. The Morgan fingerprint density at radius 2 is 2.08 bits per heavy atom. The molecule has 0 aliphatic heterocycles. The molecule has 1 radical (unpaired) electrons. The number of fused-ring (bicyclic) bond motifs is 1. The van der Waals surface area contributed by atoms with Gasteiger partial charge in [-0.15, -0.1) is 0 Å². The number of hydrogen-bond acceptors (Lipinski definition) is 2. The second-order valence-electron chi connectivity index (χ2n) is 2.67. The number of H-pyrrole nitrogens is 1. The normalized spacial score (nSPS) is 10.3. The van der Waals surface area contributed by atoms with Crippen molar-refractivity contribution >= 4 is 10.9 Å². The first-order valence-electron chi connectivity index (χ1n) is 3.97. The average molecular weight is 176 g/mol. The van der Waals surface area contributed by atoms with Gasteiger partial charge in [-0.2, -0.15) is 0 Å². The molecule has 0 unspecified atom stereocenters. The van der Waals surface area contributed by atoms with Crippen LogP contribution in [0.1, 0.15) is 0 Å². The Morgan fingerprint density at radius 1 is 1.23 bits per heavy atom. The van der Waals surface area contributed by atoms with Crippen LogP contribution < -0.4 is 9.47 Å². The number of hydrogen-bond donors (Lipinski definition) is 1. The van der Waals surface area contributed by atoms with Gasteiger partial charge in [0.25, 0.3) is 0 Å². The summed E-state index contributed by atoms with van der Waals surface area (Å²) in [5.74, 6) is 1.43. The molecule has 13 heavy (non-hydrogen) atoms. The molecule has 0 aliphatic carbocycles. The van der Waals surface area contributed by atoms with E-state index in [-0.39, 0.29) is 0 Å². The summed E-state index contributed by atoms with van der Waals surface area (Å²) in [4.78, 5) is 3.06. The van der Waals surface area contributed by atoms with Crippen molar-refractivity contribution in [3.8, 4) is 11.6 Å². The molecule has 1 aromatic carbocycles. The molecule has 0 atom stereocenters. The topological polar surface area (TPSA) is 34.2 Å². The molecule has 0 saturated carbocycles. The van der Waals surface area contributed by atoms with Crippen molar-refractivity contribution in [3.05, 3.63) is 24.3 Å². The van der Waals surface area contributed by atoms with Crippen LogP contribution in [0.15, 0.2) is 18.2 Å². The maximum atomic E-state index is 5.18. The van der Waals surface area contributed by atoms with Crippen LogP contribution >= 0.6 is 0 Å². The SMILES string of the molecule is COc1[c]c2c(OC)cccc2[nH]1. The summed E-state index contributed by atoms with van der Waals surface area (Å²) < 4.78 is 10.2. The third-order valence-corrected chi connectivity index (χ3v) is 1.94. The zero-order chi connectivity index (χ0) is 9.26. The fourth-order valence-corrected chi connectivity index (χ4v) is 1.30. The van der Waals surface area contributed by atoms with E-state index >= 15 is 0 Å². The second-order valence-corrected chi connectivity index (χ2v) is 2.67. The van der Waals surface area contributed by atoms with Crippen molar-refractivity contribution in [2.45, 2.75) is 0 Å². The fraction of sp³-hybridized carbons (Fsp3) is 0.200. The van der Waals surface area contributed by atoms with Crippen LogP contribution in [-0.4, -0.2) is 19.2 Å². The van der Waals surface area contributed by atoms with Gasteiger partial charge in [0, 0.05) is 0 Å². The Balaban J connectivity index is 2.67. The lowest BCUT2D eigenvalue weighted by atomic mass is 10.2. The van der Waals surface area contributed by atoms with Gasteiger partial charge >= 0.3 is 0 Å². The van der Waals surface area contributed by atoms with Crippen LogP contribution in [0.3, 0.4) is 0 Å². The van der Waals surface area contributed by atoms with E-state index in [1.165, 1.54) is 0 Å². The van der Waals surface area contributed by atoms with Crippen LogP contribution in [0.5, 0.6) is 11.6 Å². The van der Waals surface area contributed by atoms with E-state index in [0.29, 0.717) is 5.88 Å². The minimum Gasteiger partial charge on any atom is -0.496 e. The quantitative estimate of drug-likeness (QED) is 0.759. The van der Waals surface area contributed by atoms with Gasteiger partial charge in [-0.05, 0) is 12.1 Å². The predicted molar refractivity (Wildman–Crippen MR) is 50.2 cm³/mol. The minimum absolute atomic E-state index is 0.625. The summed E-state index contributed by atoms with van der Waals surface area (Å²) in [6.07, 6.45) is 0. The van der Waals surface area contributed by atoms with Crippen molar-refractivity contribution in [3.63, 3.8) is 0 Å². The third-order valence-electron chi connectivity index (χ3n) is 1.94. The first-order valence-corrected chi connectivity index (χ1v) is 3.97. The van der Waals surface area contributed by atoms with Gasteiger partial charge in [-0.3, -0.25) is 0 Å². The molecule has 1 N–H and O–H groups in total. The molecule has 0 fully saturated rings. The van der Waals surface area contributed by atoms with Gasteiger partial charge in [0.1, 0.15) is 5.75 Å². The molecule has 67 valence electrons. The number of nitrogens with one attached hydrogen (secondary N) is 1. The number of ether oxygens (including phenoxy) is 2. The molecule has 0 amide bonds. The van der Waals surface area contributed by atoms with Crippen LogP contribution in [0.25, 0.3) is 10.9 Å². The zero-order valence-corrected chi connectivity index (χ0v) is 7.55. The van der Waals surface area contributed by atoms with E-state index in [1.54, 1.807) is 14.2 Å². The van der Waals surface area contributed by atoms with Crippen molar-refractivity contribution in [2.75, 3.05) is 14.2 Å². The van der Waals surface area contributed by atoms with Gasteiger partial charge in [-0.1, -0.05) is 6.07 Å². The van der Waals surface area contributed by atoms with Crippen LogP contribution in [-0.2, 0) is 0 Å². The highest BCUT2D eigenvalue weighted by Crippen LogP contribution is 2.27. The molecule has 0 aliphatic rings. The zero-order valence-electron chi connectivity index (χ0n) is 7.55. The molecule has 0 bridgehead atoms. The molecule has 3 nitrogen and oxygen atoms in total. The fourth-order valence-electron chi connectivity index (χ4n) is 1.30. The standard InChI is InChI=1S/C10H10NO2/c1-12-9-5-3-4-8-7(9)6-10(11-8)13-2/h3-5,11H,1-2H3. The lowest BCUT2D eigenvalue weighted by Crippen LogP contribution is -1.81. The number of methoxy groups -OCH3 is 2. The van der Waals surface area contributed by atoms with E-state index in [4.69, 9.17) is 9.47 Å². The van der Waals surface area contributed by atoms with Crippen molar-refractivity contribution in [1.82, 2.24) is 4.98 Å². The molecular formula is C10H10NO2. The summed E-state index contributed by atoms with van der Waals surface area (Å²) in [6, 6.07) is 8.83. The summed E-state index contributed by atoms with van der Waals surface area (Å²) >= 11 is 0. The van der Waals surface area contributed by atoms with E-state index in [0.717, 1.165) is 16.7 Å². The Morgan fingerprint density at radius 3 is 2.77 bits per heavy atom. The van der Waals surface area contributed by atoms with Gasteiger partial charge in [0.15, 0.2) is 5.88 Å². The first-order chi connectivity index (χ1) is 6.35. The smallest absolute Gasteiger partial charge is 0.200 e. The highest BCUT2D eigenvalue weighted by atomic mass is 16.5. The minimum atomic E-state index is 0.625. The van der Waals surface area contributed by atoms with Crippen molar-refractivity contribution in [1.29, 1.82) is 0 Å². The molecule has 1 heterocycles. The summed E-state index contributed by atoms with van der Waals surface area (Å²) in [7, 11) is 3.25. The first kappa shape index (κ1) is 7.98. The molecule has 2 rings (SSSR count). The average Bonchev–Trinajstić information content (AvgIpc) is 2.59. The van der Waals surface area contributed by atoms with Gasteiger partial charge in [0.05, 0.1) is 31.2 Å². The van der Waals surface area contributed by atoms with Crippen LogP contribution in [0.4, 0.5) is 0 Å². The van der Waals surface area contributed by atoms with Crippen molar-refractivity contribution < 1.29 is 9.47 Å². The highest BCUT2D eigenvalue weighted by Gasteiger charge is 2.05. The monoisotopic (exact) mass is 176 g/mol. The maximum absolute atomic E-state index is 5.18.